The van der Waals surface area contributed by atoms with Gasteiger partial charge in [-0.15, -0.1) is 0 Å². The SMILES string of the molecule is CCNC(=NCC(C1CC1)C1CC1)NCCN1CCOCC1. The zero-order valence-electron chi connectivity index (χ0n) is 14.0. The number of guanidine groups is 1. The molecule has 0 aromatic carbocycles. The van der Waals surface area contributed by atoms with Crippen LogP contribution in [0, 0.1) is 17.8 Å². The van der Waals surface area contributed by atoms with Crippen LogP contribution >= 0.6 is 0 Å². The molecular formula is C17H32N4O. The van der Waals surface area contributed by atoms with Crippen LogP contribution < -0.4 is 10.6 Å². The average Bonchev–Trinajstić information content (AvgIpc) is 3.42. The third-order valence-corrected chi connectivity index (χ3v) is 5.08. The number of hydrogen-bond donors (Lipinski definition) is 2. The van der Waals surface area contributed by atoms with E-state index in [0.29, 0.717) is 0 Å². The van der Waals surface area contributed by atoms with Gasteiger partial charge in [0.1, 0.15) is 0 Å². The third kappa shape index (κ3) is 5.13. The Morgan fingerprint density at radius 3 is 2.41 bits per heavy atom. The molecular weight excluding hydrogens is 276 g/mol. The predicted molar refractivity (Wildman–Crippen MR) is 90.2 cm³/mol. The number of ether oxygens (including phenoxy) is 1. The van der Waals surface area contributed by atoms with Crippen molar-refractivity contribution >= 4 is 5.96 Å². The number of nitrogens with zero attached hydrogens (tertiary/aromatic N) is 2. The maximum absolute atomic E-state index is 5.39. The van der Waals surface area contributed by atoms with Gasteiger partial charge in [-0.1, -0.05) is 0 Å². The summed E-state index contributed by atoms with van der Waals surface area (Å²) in [5, 5.41) is 6.89. The van der Waals surface area contributed by atoms with E-state index in [1.165, 1.54) is 25.7 Å². The minimum Gasteiger partial charge on any atom is -0.379 e. The van der Waals surface area contributed by atoms with Crippen LogP contribution in [-0.4, -0.2) is 63.3 Å². The molecule has 0 aromatic rings. The average molecular weight is 308 g/mol. The fourth-order valence-electron chi connectivity index (χ4n) is 3.43. The van der Waals surface area contributed by atoms with Gasteiger partial charge in [0.15, 0.2) is 5.96 Å². The summed E-state index contributed by atoms with van der Waals surface area (Å²) in [6, 6.07) is 0. The molecule has 0 unspecified atom stereocenters. The molecule has 0 radical (unpaired) electrons. The fraction of sp³-hybridized carbons (Fsp3) is 0.941. The molecule has 2 N–H and O–H groups in total. The molecule has 0 amide bonds. The molecule has 5 nitrogen and oxygen atoms in total. The van der Waals surface area contributed by atoms with Gasteiger partial charge in [0.05, 0.1) is 13.2 Å². The summed E-state index contributed by atoms with van der Waals surface area (Å²) in [5.74, 6) is 3.82. The van der Waals surface area contributed by atoms with Gasteiger partial charge in [-0.3, -0.25) is 9.89 Å². The lowest BCUT2D eigenvalue weighted by Crippen LogP contribution is -2.44. The standard InChI is InChI=1S/C17H32N4O/c1-2-18-17(19-7-8-21-9-11-22-12-10-21)20-13-16(14-3-4-14)15-5-6-15/h14-16H,2-13H2,1H3,(H2,18,19,20). The van der Waals surface area contributed by atoms with E-state index in [1.54, 1.807) is 0 Å². The van der Waals surface area contributed by atoms with Crippen LogP contribution in [0.5, 0.6) is 0 Å². The van der Waals surface area contributed by atoms with Crippen molar-refractivity contribution in [3.8, 4) is 0 Å². The van der Waals surface area contributed by atoms with Crippen LogP contribution in [0.3, 0.4) is 0 Å². The summed E-state index contributed by atoms with van der Waals surface area (Å²) >= 11 is 0. The Morgan fingerprint density at radius 2 is 1.82 bits per heavy atom. The lowest BCUT2D eigenvalue weighted by Gasteiger charge is -2.26. The second-order valence-corrected chi connectivity index (χ2v) is 6.94. The van der Waals surface area contributed by atoms with Gasteiger partial charge < -0.3 is 15.4 Å². The van der Waals surface area contributed by atoms with Crippen LogP contribution in [0.15, 0.2) is 4.99 Å². The van der Waals surface area contributed by atoms with Gasteiger partial charge in [0, 0.05) is 39.3 Å². The van der Waals surface area contributed by atoms with Crippen molar-refractivity contribution in [1.29, 1.82) is 0 Å². The fourth-order valence-corrected chi connectivity index (χ4v) is 3.43. The van der Waals surface area contributed by atoms with Gasteiger partial charge >= 0.3 is 0 Å². The van der Waals surface area contributed by atoms with Gasteiger partial charge in [0.25, 0.3) is 0 Å². The van der Waals surface area contributed by atoms with E-state index in [9.17, 15) is 0 Å². The molecule has 0 spiro atoms. The molecule has 0 atom stereocenters. The Morgan fingerprint density at radius 1 is 1.14 bits per heavy atom. The highest BCUT2D eigenvalue weighted by atomic mass is 16.5. The van der Waals surface area contributed by atoms with Gasteiger partial charge in [-0.05, 0) is 50.4 Å². The lowest BCUT2D eigenvalue weighted by molar-refractivity contribution is 0.0389. The van der Waals surface area contributed by atoms with Crippen molar-refractivity contribution in [2.24, 2.45) is 22.7 Å². The molecule has 2 aliphatic carbocycles. The summed E-state index contributed by atoms with van der Waals surface area (Å²) in [6.45, 7) is 9.98. The van der Waals surface area contributed by atoms with Crippen molar-refractivity contribution in [1.82, 2.24) is 15.5 Å². The highest BCUT2D eigenvalue weighted by Gasteiger charge is 2.41. The molecule has 0 aromatic heterocycles. The molecule has 1 saturated heterocycles. The van der Waals surface area contributed by atoms with E-state index in [4.69, 9.17) is 9.73 Å². The minimum absolute atomic E-state index is 0.856. The van der Waals surface area contributed by atoms with Crippen LogP contribution in [0.2, 0.25) is 0 Å². The van der Waals surface area contributed by atoms with Crippen LogP contribution in [0.1, 0.15) is 32.6 Å². The Hall–Kier alpha value is -0.810. The second-order valence-electron chi connectivity index (χ2n) is 6.94. The normalized spacial score (nSPS) is 23.8. The van der Waals surface area contributed by atoms with Crippen molar-refractivity contribution in [3.63, 3.8) is 0 Å². The Balaban J connectivity index is 1.40. The largest absolute Gasteiger partial charge is 0.379 e. The van der Waals surface area contributed by atoms with E-state index in [-0.39, 0.29) is 0 Å². The number of nitrogens with one attached hydrogen (secondary N) is 2. The quantitative estimate of drug-likeness (QED) is 0.524. The van der Waals surface area contributed by atoms with Gasteiger partial charge in [-0.2, -0.15) is 0 Å². The molecule has 3 aliphatic rings. The van der Waals surface area contributed by atoms with Crippen molar-refractivity contribution in [3.05, 3.63) is 0 Å². The summed E-state index contributed by atoms with van der Waals surface area (Å²) in [7, 11) is 0. The van der Waals surface area contributed by atoms with E-state index >= 15 is 0 Å². The maximum Gasteiger partial charge on any atom is 0.191 e. The zero-order chi connectivity index (χ0) is 15.2. The van der Waals surface area contributed by atoms with Gasteiger partial charge in [0.2, 0.25) is 0 Å². The van der Waals surface area contributed by atoms with Crippen LogP contribution in [0.4, 0.5) is 0 Å². The molecule has 2 saturated carbocycles. The number of hydrogen-bond acceptors (Lipinski definition) is 3. The lowest BCUT2D eigenvalue weighted by atomic mass is 9.98. The van der Waals surface area contributed by atoms with Crippen LogP contribution in [-0.2, 0) is 4.74 Å². The molecule has 3 fully saturated rings. The number of rotatable bonds is 8. The van der Waals surface area contributed by atoms with E-state index < -0.39 is 0 Å². The first kappa shape index (κ1) is 16.1. The minimum atomic E-state index is 0.856. The van der Waals surface area contributed by atoms with E-state index in [0.717, 1.165) is 76.2 Å². The van der Waals surface area contributed by atoms with E-state index in [1.807, 2.05) is 0 Å². The molecule has 3 rings (SSSR count). The first-order valence-electron chi connectivity index (χ1n) is 9.19. The summed E-state index contributed by atoms with van der Waals surface area (Å²) in [6.07, 6.45) is 5.77. The second kappa shape index (κ2) is 8.16. The van der Waals surface area contributed by atoms with E-state index in [2.05, 4.69) is 22.5 Å². The molecule has 1 aliphatic heterocycles. The number of morpholine rings is 1. The Labute approximate surface area is 134 Å². The smallest absolute Gasteiger partial charge is 0.191 e. The summed E-state index contributed by atoms with van der Waals surface area (Å²) in [4.78, 5) is 7.33. The van der Waals surface area contributed by atoms with Crippen molar-refractivity contribution in [2.45, 2.75) is 32.6 Å². The molecule has 22 heavy (non-hydrogen) atoms. The molecule has 126 valence electrons. The number of aliphatic imine (C=N–C) groups is 1. The van der Waals surface area contributed by atoms with Crippen LogP contribution in [0.25, 0.3) is 0 Å². The predicted octanol–water partition coefficient (Wildman–Crippen LogP) is 1.31. The highest BCUT2D eigenvalue weighted by Crippen LogP contribution is 2.49. The Kier molecular flexibility index (Phi) is 5.96. The summed E-state index contributed by atoms with van der Waals surface area (Å²) in [5.41, 5.74) is 0. The van der Waals surface area contributed by atoms with Crippen molar-refractivity contribution < 1.29 is 4.74 Å². The third-order valence-electron chi connectivity index (χ3n) is 5.08. The first-order valence-corrected chi connectivity index (χ1v) is 9.19. The topological polar surface area (TPSA) is 48.9 Å². The monoisotopic (exact) mass is 308 g/mol. The highest BCUT2D eigenvalue weighted by molar-refractivity contribution is 5.79. The molecule has 0 bridgehead atoms. The summed E-state index contributed by atoms with van der Waals surface area (Å²) < 4.78 is 5.39. The molecule has 1 heterocycles. The van der Waals surface area contributed by atoms with Gasteiger partial charge in [-0.25, -0.2) is 0 Å². The molecule has 5 heteroatoms. The zero-order valence-corrected chi connectivity index (χ0v) is 14.0. The maximum atomic E-state index is 5.39. The first-order chi connectivity index (χ1) is 10.9. The Bertz CT molecular complexity index is 348. The van der Waals surface area contributed by atoms with Crippen molar-refractivity contribution in [2.75, 3.05) is 52.5 Å².